The number of rotatable bonds is 6. The van der Waals surface area contributed by atoms with Gasteiger partial charge < -0.3 is 14.4 Å². The quantitative estimate of drug-likeness (QED) is 0.623. The molecular formula is C11H20NO4. The molecular weight excluding hydrogens is 210 g/mol. The second-order valence-corrected chi connectivity index (χ2v) is 3.94. The molecule has 0 aromatic heterocycles. The molecule has 0 aliphatic carbocycles. The third kappa shape index (κ3) is 4.47. The minimum Gasteiger partial charge on any atom is -0.385 e. The van der Waals surface area contributed by atoms with Crippen LogP contribution in [0.4, 0.5) is 0 Å². The van der Waals surface area contributed by atoms with Crippen LogP contribution in [0.25, 0.3) is 0 Å². The molecule has 1 fully saturated rings. The van der Waals surface area contributed by atoms with Crippen LogP contribution in [0.5, 0.6) is 0 Å². The number of carbonyl (C=O) groups excluding carboxylic acids is 1. The molecule has 1 heterocycles. The van der Waals surface area contributed by atoms with Crippen LogP contribution in [0, 0.1) is 0 Å². The van der Waals surface area contributed by atoms with Crippen molar-refractivity contribution in [1.82, 2.24) is 4.90 Å². The predicted molar refractivity (Wildman–Crippen MR) is 57.6 cm³/mol. The molecule has 1 radical (unpaired) electrons. The monoisotopic (exact) mass is 230 g/mol. The average Bonchev–Trinajstić information content (AvgIpc) is 2.34. The summed E-state index contributed by atoms with van der Waals surface area (Å²) in [5.74, 6) is -0.294. The molecule has 1 aliphatic heterocycles. The highest BCUT2D eigenvalue weighted by Crippen LogP contribution is 2.13. The van der Waals surface area contributed by atoms with Gasteiger partial charge in [-0.2, -0.15) is 0 Å². The van der Waals surface area contributed by atoms with Crippen LogP contribution in [0.2, 0.25) is 0 Å². The number of hydrogen-bond donors (Lipinski definition) is 0. The highest BCUT2D eigenvalue weighted by Gasteiger charge is 2.22. The summed E-state index contributed by atoms with van der Waals surface area (Å²) in [7, 11) is 1.67. The fourth-order valence-electron chi connectivity index (χ4n) is 1.82. The van der Waals surface area contributed by atoms with Crippen molar-refractivity contribution in [2.45, 2.75) is 25.4 Å². The van der Waals surface area contributed by atoms with Crippen molar-refractivity contribution in [3.8, 4) is 0 Å². The summed E-state index contributed by atoms with van der Waals surface area (Å²) in [4.78, 5) is 12.8. The van der Waals surface area contributed by atoms with Gasteiger partial charge in [0.25, 0.3) is 5.91 Å². The lowest BCUT2D eigenvalue weighted by molar-refractivity contribution is -0.138. The van der Waals surface area contributed by atoms with E-state index in [1.807, 2.05) is 0 Å². The van der Waals surface area contributed by atoms with Crippen LogP contribution >= 0.6 is 0 Å². The van der Waals surface area contributed by atoms with E-state index in [1.165, 1.54) is 0 Å². The first-order chi connectivity index (χ1) is 7.77. The van der Waals surface area contributed by atoms with E-state index in [2.05, 4.69) is 0 Å². The van der Waals surface area contributed by atoms with E-state index in [4.69, 9.17) is 9.47 Å². The van der Waals surface area contributed by atoms with Crippen LogP contribution in [-0.4, -0.2) is 56.9 Å². The normalized spacial score (nSPS) is 17.8. The fraction of sp³-hybridized carbons (Fsp3) is 0.909. The van der Waals surface area contributed by atoms with Crippen molar-refractivity contribution in [2.75, 3.05) is 40.0 Å². The van der Waals surface area contributed by atoms with Crippen molar-refractivity contribution < 1.29 is 19.4 Å². The second kappa shape index (κ2) is 7.60. The highest BCUT2D eigenvalue weighted by molar-refractivity contribution is 5.77. The third-order valence-electron chi connectivity index (χ3n) is 2.76. The minimum atomic E-state index is -0.640. The van der Waals surface area contributed by atoms with E-state index in [9.17, 15) is 9.90 Å². The molecule has 93 valence electrons. The minimum absolute atomic E-state index is 0.229. The Morgan fingerprint density at radius 2 is 2.00 bits per heavy atom. The molecule has 0 atom stereocenters. The van der Waals surface area contributed by atoms with Crippen LogP contribution < -0.4 is 0 Å². The number of methoxy groups -OCH3 is 1. The largest absolute Gasteiger partial charge is 0.385 e. The van der Waals surface area contributed by atoms with Crippen molar-refractivity contribution in [3.63, 3.8) is 0 Å². The van der Waals surface area contributed by atoms with E-state index < -0.39 is 6.61 Å². The second-order valence-electron chi connectivity index (χ2n) is 3.94. The molecule has 0 aromatic carbocycles. The summed E-state index contributed by atoms with van der Waals surface area (Å²) in [5.41, 5.74) is 0. The topological polar surface area (TPSA) is 58.7 Å². The summed E-state index contributed by atoms with van der Waals surface area (Å²) in [6.07, 6.45) is 2.79. The van der Waals surface area contributed by atoms with Crippen molar-refractivity contribution in [1.29, 1.82) is 0 Å². The first-order valence-corrected chi connectivity index (χ1v) is 5.74. The number of hydrogen-bond acceptors (Lipinski definition) is 3. The van der Waals surface area contributed by atoms with E-state index in [0.29, 0.717) is 26.3 Å². The van der Waals surface area contributed by atoms with Gasteiger partial charge in [0.2, 0.25) is 0 Å². The summed E-state index contributed by atoms with van der Waals surface area (Å²) in [6.45, 7) is 2.08. The van der Waals surface area contributed by atoms with E-state index in [0.717, 1.165) is 19.3 Å². The molecule has 1 amide bonds. The lowest BCUT2D eigenvalue weighted by atomic mass is 10.1. The fourth-order valence-corrected chi connectivity index (χ4v) is 1.82. The average molecular weight is 230 g/mol. The number of carbonyl (C=O) groups is 1. The van der Waals surface area contributed by atoms with E-state index in [-0.39, 0.29) is 12.0 Å². The molecule has 0 aromatic rings. The van der Waals surface area contributed by atoms with Gasteiger partial charge in [-0.1, -0.05) is 0 Å². The van der Waals surface area contributed by atoms with E-state index >= 15 is 0 Å². The Bertz CT molecular complexity index is 202. The van der Waals surface area contributed by atoms with Crippen molar-refractivity contribution in [3.05, 3.63) is 0 Å². The van der Waals surface area contributed by atoms with Crippen LogP contribution in [0.3, 0.4) is 0 Å². The lowest BCUT2D eigenvalue weighted by Crippen LogP contribution is -2.42. The number of piperidine rings is 1. The molecule has 16 heavy (non-hydrogen) atoms. The summed E-state index contributed by atoms with van der Waals surface area (Å²) < 4.78 is 10.6. The Morgan fingerprint density at radius 3 is 2.56 bits per heavy atom. The smallest absolute Gasteiger partial charge is 0.251 e. The molecule has 0 N–H and O–H groups in total. The van der Waals surface area contributed by atoms with Crippen LogP contribution in [0.1, 0.15) is 19.3 Å². The Balaban J connectivity index is 2.10. The predicted octanol–water partition coefficient (Wildman–Crippen LogP) is 0.461. The van der Waals surface area contributed by atoms with Gasteiger partial charge in [0.15, 0.2) is 6.61 Å². The van der Waals surface area contributed by atoms with Gasteiger partial charge in [0.05, 0.1) is 6.10 Å². The van der Waals surface area contributed by atoms with Gasteiger partial charge in [-0.15, -0.1) is 0 Å². The number of likely N-dealkylation sites (tertiary alicyclic amines) is 1. The Morgan fingerprint density at radius 1 is 1.31 bits per heavy atom. The standard InChI is InChI=1S/C11H20NO4/c1-15-7-2-8-16-10-3-5-12(6-4-10)11(14)9-13/h10H,2-9H2,1H3. The van der Waals surface area contributed by atoms with Gasteiger partial charge in [-0.05, 0) is 19.3 Å². The maximum atomic E-state index is 11.1. The summed E-state index contributed by atoms with van der Waals surface area (Å²) in [6, 6.07) is 0. The molecule has 1 saturated heterocycles. The maximum absolute atomic E-state index is 11.1. The number of ether oxygens (including phenoxy) is 2. The molecule has 5 nitrogen and oxygen atoms in total. The van der Waals surface area contributed by atoms with E-state index in [1.54, 1.807) is 12.0 Å². The third-order valence-corrected chi connectivity index (χ3v) is 2.76. The zero-order valence-electron chi connectivity index (χ0n) is 9.81. The molecule has 0 saturated carbocycles. The van der Waals surface area contributed by atoms with Gasteiger partial charge in [0.1, 0.15) is 0 Å². The Kier molecular flexibility index (Phi) is 6.37. The first kappa shape index (κ1) is 13.4. The summed E-state index contributed by atoms with van der Waals surface area (Å²) >= 11 is 0. The van der Waals surface area contributed by atoms with Crippen molar-refractivity contribution in [2.24, 2.45) is 0 Å². The zero-order chi connectivity index (χ0) is 11.8. The molecule has 0 unspecified atom stereocenters. The molecule has 1 aliphatic rings. The molecule has 5 heteroatoms. The Hall–Kier alpha value is -0.650. The SMILES string of the molecule is COCCCOC1CCN(C(=O)C[O])CC1. The zero-order valence-corrected chi connectivity index (χ0v) is 9.81. The number of amides is 1. The van der Waals surface area contributed by atoms with Gasteiger partial charge in [-0.3, -0.25) is 4.79 Å². The molecule has 1 rings (SSSR count). The Labute approximate surface area is 96.3 Å². The van der Waals surface area contributed by atoms with Gasteiger partial charge in [-0.25, -0.2) is 5.11 Å². The number of nitrogens with zero attached hydrogens (tertiary/aromatic N) is 1. The maximum Gasteiger partial charge on any atom is 0.251 e. The van der Waals surface area contributed by atoms with Crippen molar-refractivity contribution >= 4 is 5.91 Å². The molecule has 0 spiro atoms. The van der Waals surface area contributed by atoms with Crippen LogP contribution in [0.15, 0.2) is 0 Å². The highest BCUT2D eigenvalue weighted by atomic mass is 16.5. The van der Waals surface area contributed by atoms with Gasteiger partial charge in [0, 0.05) is 33.4 Å². The lowest BCUT2D eigenvalue weighted by Gasteiger charge is -2.31. The van der Waals surface area contributed by atoms with Gasteiger partial charge >= 0.3 is 0 Å². The molecule has 0 bridgehead atoms. The van der Waals surface area contributed by atoms with Crippen LogP contribution in [-0.2, 0) is 19.4 Å². The first-order valence-electron chi connectivity index (χ1n) is 5.74. The summed E-state index contributed by atoms with van der Waals surface area (Å²) in [5, 5.41) is 10.4.